The lowest BCUT2D eigenvalue weighted by Crippen LogP contribution is -2.35. The van der Waals surface area contributed by atoms with E-state index >= 15 is 0 Å². The molecular weight excluding hydrogens is 306 g/mol. The summed E-state index contributed by atoms with van der Waals surface area (Å²) < 4.78 is 8.49. The number of ether oxygens (including phenoxy) is 1. The van der Waals surface area contributed by atoms with E-state index in [9.17, 15) is 0 Å². The van der Waals surface area contributed by atoms with Gasteiger partial charge in [-0.15, -0.1) is 0 Å². The summed E-state index contributed by atoms with van der Waals surface area (Å²) in [4.78, 5) is 0. The zero-order valence-corrected chi connectivity index (χ0v) is 14.2. The van der Waals surface area contributed by atoms with Gasteiger partial charge in [-0.05, 0) is 49.2 Å². The molecule has 4 nitrogen and oxygen atoms in total. The zero-order valence-electron chi connectivity index (χ0n) is 12.7. The van der Waals surface area contributed by atoms with E-state index in [4.69, 9.17) is 4.74 Å². The van der Waals surface area contributed by atoms with Crippen LogP contribution < -0.4 is 5.32 Å². The van der Waals surface area contributed by atoms with Crippen molar-refractivity contribution in [3.8, 4) is 0 Å². The highest BCUT2D eigenvalue weighted by Gasteiger charge is 2.18. The second-order valence-electron chi connectivity index (χ2n) is 5.11. The molecule has 0 aliphatic carbocycles. The number of halogens is 1. The highest BCUT2D eigenvalue weighted by atomic mass is 79.9. The van der Waals surface area contributed by atoms with Gasteiger partial charge in [-0.1, -0.05) is 6.92 Å². The normalized spacial score (nSPS) is 14.6. The van der Waals surface area contributed by atoms with Crippen LogP contribution in [0.1, 0.15) is 38.1 Å². The van der Waals surface area contributed by atoms with E-state index in [1.807, 2.05) is 18.7 Å². The van der Waals surface area contributed by atoms with Gasteiger partial charge in [-0.3, -0.25) is 4.68 Å². The van der Waals surface area contributed by atoms with Crippen molar-refractivity contribution in [1.29, 1.82) is 0 Å². The largest absolute Gasteiger partial charge is 0.382 e. The first-order chi connectivity index (χ1) is 8.99. The third-order valence-electron chi connectivity index (χ3n) is 3.40. The van der Waals surface area contributed by atoms with Crippen LogP contribution in [0.25, 0.3) is 0 Å². The summed E-state index contributed by atoms with van der Waals surface area (Å²) in [7, 11) is 3.77. The Bertz CT molecular complexity index is 392. The molecule has 1 N–H and O–H groups in total. The monoisotopic (exact) mass is 331 g/mol. The Hall–Kier alpha value is -0.390. The van der Waals surface area contributed by atoms with Gasteiger partial charge in [0.2, 0.25) is 0 Å². The van der Waals surface area contributed by atoms with Gasteiger partial charge in [0.1, 0.15) is 0 Å². The average Bonchev–Trinajstić information content (AvgIpc) is 2.62. The molecule has 1 heterocycles. The van der Waals surface area contributed by atoms with Crippen molar-refractivity contribution in [3.05, 3.63) is 15.9 Å². The average molecular weight is 332 g/mol. The third kappa shape index (κ3) is 4.89. The maximum absolute atomic E-state index is 5.39. The van der Waals surface area contributed by atoms with Crippen molar-refractivity contribution in [2.45, 2.75) is 52.2 Å². The molecule has 1 aromatic rings. The Balaban J connectivity index is 2.75. The van der Waals surface area contributed by atoms with E-state index in [0.717, 1.165) is 36.0 Å². The second kappa shape index (κ2) is 8.02. The van der Waals surface area contributed by atoms with Crippen LogP contribution in [0.5, 0.6) is 0 Å². The number of aromatic nitrogens is 2. The molecule has 2 unspecified atom stereocenters. The number of methoxy groups -OCH3 is 1. The molecular formula is C14H26BrN3O. The van der Waals surface area contributed by atoms with Crippen molar-refractivity contribution in [1.82, 2.24) is 15.1 Å². The van der Waals surface area contributed by atoms with Gasteiger partial charge in [0.25, 0.3) is 0 Å². The van der Waals surface area contributed by atoms with Crippen molar-refractivity contribution in [2.24, 2.45) is 7.05 Å². The molecule has 1 rings (SSSR count). The van der Waals surface area contributed by atoms with E-state index in [0.29, 0.717) is 6.04 Å². The van der Waals surface area contributed by atoms with Crippen LogP contribution in [0.4, 0.5) is 0 Å². The molecule has 0 aliphatic rings. The first-order valence-corrected chi connectivity index (χ1v) is 7.73. The Kier molecular flexibility index (Phi) is 7.04. The van der Waals surface area contributed by atoms with Crippen LogP contribution in [0.15, 0.2) is 4.47 Å². The topological polar surface area (TPSA) is 39.1 Å². The second-order valence-corrected chi connectivity index (χ2v) is 5.90. The van der Waals surface area contributed by atoms with Gasteiger partial charge in [-0.25, -0.2) is 0 Å². The summed E-state index contributed by atoms with van der Waals surface area (Å²) in [5.74, 6) is 0. The number of hydrogen-bond donors (Lipinski definition) is 1. The number of rotatable bonds is 8. The van der Waals surface area contributed by atoms with Crippen LogP contribution in [0, 0.1) is 6.92 Å². The molecule has 0 fully saturated rings. The fourth-order valence-corrected chi connectivity index (χ4v) is 2.72. The maximum atomic E-state index is 5.39. The van der Waals surface area contributed by atoms with Crippen LogP contribution >= 0.6 is 15.9 Å². The molecule has 2 atom stereocenters. The fraction of sp³-hybridized carbons (Fsp3) is 0.786. The number of nitrogens with zero attached hydrogens (tertiary/aromatic N) is 2. The van der Waals surface area contributed by atoms with Gasteiger partial charge >= 0.3 is 0 Å². The molecule has 0 bridgehead atoms. The Morgan fingerprint density at radius 2 is 2.16 bits per heavy atom. The van der Waals surface area contributed by atoms with Crippen LogP contribution in [-0.4, -0.2) is 35.6 Å². The summed E-state index contributed by atoms with van der Waals surface area (Å²) in [5, 5.41) is 8.06. The van der Waals surface area contributed by atoms with Crippen LogP contribution in [-0.2, 0) is 18.2 Å². The Labute approximate surface area is 125 Å². The van der Waals surface area contributed by atoms with E-state index in [1.54, 1.807) is 7.11 Å². The number of nitrogens with one attached hydrogen (secondary N) is 1. The van der Waals surface area contributed by atoms with Crippen LogP contribution in [0.3, 0.4) is 0 Å². The zero-order chi connectivity index (χ0) is 14.4. The van der Waals surface area contributed by atoms with E-state index in [1.165, 1.54) is 5.69 Å². The molecule has 5 heteroatoms. The summed E-state index contributed by atoms with van der Waals surface area (Å²) in [6.07, 6.45) is 3.38. The van der Waals surface area contributed by atoms with Gasteiger partial charge in [-0.2, -0.15) is 5.10 Å². The first-order valence-electron chi connectivity index (χ1n) is 6.93. The van der Waals surface area contributed by atoms with Gasteiger partial charge < -0.3 is 10.1 Å². The van der Waals surface area contributed by atoms with E-state index in [-0.39, 0.29) is 6.10 Å². The smallest absolute Gasteiger partial charge is 0.0738 e. The summed E-state index contributed by atoms with van der Waals surface area (Å²) in [5.41, 5.74) is 2.29. The van der Waals surface area contributed by atoms with Gasteiger partial charge in [0.15, 0.2) is 0 Å². The lowest BCUT2D eigenvalue weighted by molar-refractivity contribution is 0.100. The minimum Gasteiger partial charge on any atom is -0.382 e. The van der Waals surface area contributed by atoms with E-state index in [2.05, 4.69) is 40.2 Å². The summed E-state index contributed by atoms with van der Waals surface area (Å²) in [6.45, 7) is 7.37. The lowest BCUT2D eigenvalue weighted by atomic mass is 10.0. The molecule has 0 saturated heterocycles. The van der Waals surface area contributed by atoms with Crippen molar-refractivity contribution in [2.75, 3.05) is 13.7 Å². The lowest BCUT2D eigenvalue weighted by Gasteiger charge is -2.22. The summed E-state index contributed by atoms with van der Waals surface area (Å²) in [6, 6.07) is 0.418. The number of aryl methyl sites for hydroxylation is 2. The third-order valence-corrected chi connectivity index (χ3v) is 4.43. The van der Waals surface area contributed by atoms with Crippen LogP contribution in [0.2, 0.25) is 0 Å². The van der Waals surface area contributed by atoms with Crippen molar-refractivity contribution >= 4 is 15.9 Å². The molecule has 0 saturated carbocycles. The first kappa shape index (κ1) is 16.7. The molecule has 0 aromatic carbocycles. The molecule has 19 heavy (non-hydrogen) atoms. The molecule has 0 aliphatic heterocycles. The molecule has 0 spiro atoms. The maximum Gasteiger partial charge on any atom is 0.0738 e. The quantitative estimate of drug-likeness (QED) is 0.796. The molecule has 110 valence electrons. The Morgan fingerprint density at radius 1 is 1.47 bits per heavy atom. The minimum atomic E-state index is 0.266. The minimum absolute atomic E-state index is 0.266. The van der Waals surface area contributed by atoms with Gasteiger partial charge in [0, 0.05) is 26.6 Å². The standard InChI is InChI=1S/C14H26BrN3O/c1-6-7-16-12(8-10(2)19-5)9-13-14(15)11(3)17-18(13)4/h10,12,16H,6-9H2,1-5H3. The fourth-order valence-electron chi connectivity index (χ4n) is 2.22. The highest BCUT2D eigenvalue weighted by Crippen LogP contribution is 2.22. The SMILES string of the molecule is CCCNC(Cc1c(Br)c(C)nn1C)CC(C)OC. The van der Waals surface area contributed by atoms with Gasteiger partial charge in [0.05, 0.1) is 22.0 Å². The summed E-state index contributed by atoms with van der Waals surface area (Å²) >= 11 is 3.64. The van der Waals surface area contributed by atoms with Crippen molar-refractivity contribution < 1.29 is 4.74 Å². The molecule has 0 radical (unpaired) electrons. The molecule has 1 aromatic heterocycles. The van der Waals surface area contributed by atoms with E-state index < -0.39 is 0 Å². The molecule has 0 amide bonds. The predicted molar refractivity (Wildman–Crippen MR) is 82.5 cm³/mol. The number of hydrogen-bond acceptors (Lipinski definition) is 3. The Morgan fingerprint density at radius 3 is 2.63 bits per heavy atom. The highest BCUT2D eigenvalue weighted by molar-refractivity contribution is 9.10. The van der Waals surface area contributed by atoms with Crippen molar-refractivity contribution in [3.63, 3.8) is 0 Å². The predicted octanol–water partition coefficient (Wildman–Crippen LogP) is 2.83.